The summed E-state index contributed by atoms with van der Waals surface area (Å²) in [6, 6.07) is 9.98. The summed E-state index contributed by atoms with van der Waals surface area (Å²) in [5.74, 6) is 0.942. The zero-order chi connectivity index (χ0) is 16.8. The van der Waals surface area contributed by atoms with Gasteiger partial charge in [-0.15, -0.1) is 5.10 Å². The Morgan fingerprint density at radius 2 is 2.00 bits per heavy atom. The largest absolute Gasteiger partial charge is 0.305 e. The Bertz CT molecular complexity index is 946. The number of carbonyl (C=O) groups is 1. The van der Waals surface area contributed by atoms with E-state index >= 15 is 0 Å². The summed E-state index contributed by atoms with van der Waals surface area (Å²) in [4.78, 5) is 23.5. The predicted molar refractivity (Wildman–Crippen MR) is 91.4 cm³/mol. The summed E-state index contributed by atoms with van der Waals surface area (Å²) in [6.07, 6.45) is 0.937. The molecule has 2 aromatic heterocycles. The summed E-state index contributed by atoms with van der Waals surface area (Å²) in [6.45, 7) is 6.71. The molecule has 1 aliphatic heterocycles. The van der Waals surface area contributed by atoms with Crippen molar-refractivity contribution in [2.75, 3.05) is 11.4 Å². The molecule has 0 N–H and O–H groups in total. The number of aryl methyl sites for hydroxylation is 2. The van der Waals surface area contributed by atoms with Crippen LogP contribution in [0.1, 0.15) is 46.8 Å². The molecular weight excluding hydrogens is 302 g/mol. The molecule has 0 radical (unpaired) electrons. The Labute approximate surface area is 140 Å². The third-order valence-corrected chi connectivity index (χ3v) is 4.60. The van der Waals surface area contributed by atoms with E-state index in [9.17, 15) is 4.79 Å². The van der Waals surface area contributed by atoms with Gasteiger partial charge in [0.15, 0.2) is 0 Å². The fraction of sp³-hybridized carbons (Fsp3) is 0.333. The molecule has 1 aliphatic rings. The van der Waals surface area contributed by atoms with Gasteiger partial charge in [-0.3, -0.25) is 4.79 Å². The van der Waals surface area contributed by atoms with Crippen molar-refractivity contribution < 1.29 is 4.79 Å². The quantitative estimate of drug-likeness (QED) is 0.691. The van der Waals surface area contributed by atoms with Crippen LogP contribution in [-0.2, 0) is 0 Å². The van der Waals surface area contributed by atoms with Crippen LogP contribution in [0.4, 0.5) is 5.69 Å². The number of benzene rings is 1. The molecule has 0 unspecified atom stereocenters. The topological polar surface area (TPSA) is 63.4 Å². The molecule has 3 heterocycles. The van der Waals surface area contributed by atoms with Gasteiger partial charge in [0, 0.05) is 23.6 Å². The van der Waals surface area contributed by atoms with Crippen molar-refractivity contribution in [3.63, 3.8) is 0 Å². The van der Waals surface area contributed by atoms with Crippen LogP contribution >= 0.6 is 0 Å². The van der Waals surface area contributed by atoms with Crippen LogP contribution in [0.3, 0.4) is 0 Å². The minimum atomic E-state index is -0.170. The van der Waals surface area contributed by atoms with E-state index in [1.165, 1.54) is 5.56 Å². The second kappa shape index (κ2) is 5.40. The van der Waals surface area contributed by atoms with Crippen molar-refractivity contribution in [3.05, 3.63) is 53.1 Å². The Morgan fingerprint density at radius 1 is 1.21 bits per heavy atom. The molecule has 1 aromatic carbocycles. The average molecular weight is 321 g/mol. The molecule has 0 aliphatic carbocycles. The number of hydrogen-bond acceptors (Lipinski definition) is 4. The molecule has 6 nitrogen and oxygen atoms in total. The highest BCUT2D eigenvalue weighted by Crippen LogP contribution is 2.35. The van der Waals surface area contributed by atoms with E-state index in [1.807, 2.05) is 38.1 Å². The number of anilines is 1. The highest BCUT2D eigenvalue weighted by Gasteiger charge is 2.29. The molecule has 0 saturated carbocycles. The molecule has 4 rings (SSSR count). The molecule has 0 saturated heterocycles. The number of fused-ring (bicyclic) bond motifs is 2. The van der Waals surface area contributed by atoms with Crippen molar-refractivity contribution in [1.29, 1.82) is 0 Å². The van der Waals surface area contributed by atoms with Crippen molar-refractivity contribution in [2.24, 2.45) is 0 Å². The van der Waals surface area contributed by atoms with Gasteiger partial charge in [-0.1, -0.05) is 25.1 Å². The van der Waals surface area contributed by atoms with Gasteiger partial charge < -0.3 is 4.90 Å². The first-order chi connectivity index (χ1) is 11.5. The standard InChI is InChI=1S/C18H19N5O/c1-11-8-9-22(15-7-5-4-6-14(11)15)17(24)16-20-18-19-12(2)10-13(3)23(18)21-16/h4-7,10-11H,8-9H2,1-3H3/t11-/m0/s1. The number of nitrogens with zero attached hydrogens (tertiary/aromatic N) is 5. The Kier molecular flexibility index (Phi) is 3.33. The van der Waals surface area contributed by atoms with Gasteiger partial charge in [0.1, 0.15) is 0 Å². The number of carbonyl (C=O) groups excluding carboxylic acids is 1. The first-order valence-corrected chi connectivity index (χ1v) is 8.16. The van der Waals surface area contributed by atoms with Crippen molar-refractivity contribution in [1.82, 2.24) is 19.6 Å². The van der Waals surface area contributed by atoms with Gasteiger partial charge in [0.05, 0.1) is 0 Å². The minimum absolute atomic E-state index is 0.170. The molecule has 0 fully saturated rings. The fourth-order valence-corrected chi connectivity index (χ4v) is 3.34. The first-order valence-electron chi connectivity index (χ1n) is 8.16. The van der Waals surface area contributed by atoms with Gasteiger partial charge in [-0.2, -0.15) is 4.98 Å². The van der Waals surface area contributed by atoms with Gasteiger partial charge in [-0.05, 0) is 43.9 Å². The molecule has 1 atom stereocenters. The normalized spacial score (nSPS) is 17.1. The van der Waals surface area contributed by atoms with Crippen LogP contribution < -0.4 is 4.90 Å². The van der Waals surface area contributed by atoms with Gasteiger partial charge >= 0.3 is 0 Å². The van der Waals surface area contributed by atoms with Crippen molar-refractivity contribution >= 4 is 17.4 Å². The Balaban J connectivity index is 1.77. The molecule has 1 amide bonds. The van der Waals surface area contributed by atoms with Crippen LogP contribution in [0.5, 0.6) is 0 Å². The lowest BCUT2D eigenvalue weighted by Gasteiger charge is -2.32. The van der Waals surface area contributed by atoms with E-state index in [0.717, 1.165) is 23.5 Å². The third kappa shape index (κ3) is 2.26. The van der Waals surface area contributed by atoms with Crippen LogP contribution in [0.15, 0.2) is 30.3 Å². The van der Waals surface area contributed by atoms with Gasteiger partial charge in [-0.25, -0.2) is 9.50 Å². The SMILES string of the molecule is Cc1cc(C)n2nc(C(=O)N3CC[C@H](C)c4ccccc43)nc2n1. The highest BCUT2D eigenvalue weighted by molar-refractivity contribution is 6.04. The Morgan fingerprint density at radius 3 is 2.83 bits per heavy atom. The summed E-state index contributed by atoms with van der Waals surface area (Å²) in [5.41, 5.74) is 3.94. The minimum Gasteiger partial charge on any atom is -0.305 e. The number of rotatable bonds is 1. The van der Waals surface area contributed by atoms with Gasteiger partial charge in [0.2, 0.25) is 5.82 Å². The first kappa shape index (κ1) is 14.8. The number of hydrogen-bond donors (Lipinski definition) is 0. The highest BCUT2D eigenvalue weighted by atomic mass is 16.2. The molecule has 3 aromatic rings. The van der Waals surface area contributed by atoms with E-state index in [1.54, 1.807) is 9.42 Å². The number of para-hydroxylation sites is 1. The summed E-state index contributed by atoms with van der Waals surface area (Å²) < 4.78 is 1.62. The van der Waals surface area contributed by atoms with E-state index in [4.69, 9.17) is 0 Å². The van der Waals surface area contributed by atoms with Crippen molar-refractivity contribution in [2.45, 2.75) is 33.1 Å². The second-order valence-electron chi connectivity index (χ2n) is 6.39. The maximum Gasteiger partial charge on any atom is 0.298 e. The number of aromatic nitrogens is 4. The lowest BCUT2D eigenvalue weighted by molar-refractivity contribution is 0.0974. The maximum atomic E-state index is 13.0. The monoisotopic (exact) mass is 321 g/mol. The number of amides is 1. The molecular formula is C18H19N5O. The lowest BCUT2D eigenvalue weighted by Crippen LogP contribution is -2.37. The van der Waals surface area contributed by atoms with Crippen LogP contribution in [0.25, 0.3) is 5.78 Å². The predicted octanol–water partition coefficient (Wildman–Crippen LogP) is 2.90. The third-order valence-electron chi connectivity index (χ3n) is 4.60. The molecule has 122 valence electrons. The molecule has 6 heteroatoms. The van der Waals surface area contributed by atoms with Crippen molar-refractivity contribution in [3.8, 4) is 0 Å². The van der Waals surface area contributed by atoms with E-state index in [0.29, 0.717) is 18.2 Å². The van der Waals surface area contributed by atoms with Crippen LogP contribution in [0, 0.1) is 13.8 Å². The molecule has 0 spiro atoms. The smallest absolute Gasteiger partial charge is 0.298 e. The summed E-state index contributed by atoms with van der Waals surface area (Å²) >= 11 is 0. The zero-order valence-electron chi connectivity index (χ0n) is 14.0. The van der Waals surface area contributed by atoms with E-state index in [-0.39, 0.29) is 11.7 Å². The maximum absolute atomic E-state index is 13.0. The van der Waals surface area contributed by atoms with E-state index in [2.05, 4.69) is 28.1 Å². The van der Waals surface area contributed by atoms with Crippen LogP contribution in [0.2, 0.25) is 0 Å². The van der Waals surface area contributed by atoms with E-state index < -0.39 is 0 Å². The summed E-state index contributed by atoms with van der Waals surface area (Å²) in [7, 11) is 0. The second-order valence-corrected chi connectivity index (χ2v) is 6.39. The zero-order valence-corrected chi connectivity index (χ0v) is 14.0. The molecule has 0 bridgehead atoms. The lowest BCUT2D eigenvalue weighted by atomic mass is 9.91. The summed E-state index contributed by atoms with van der Waals surface area (Å²) in [5, 5.41) is 4.37. The Hall–Kier alpha value is -2.76. The van der Waals surface area contributed by atoms with Gasteiger partial charge in [0.25, 0.3) is 11.7 Å². The van der Waals surface area contributed by atoms with Crippen LogP contribution in [-0.4, -0.2) is 32.0 Å². The fourth-order valence-electron chi connectivity index (χ4n) is 3.34. The molecule has 24 heavy (non-hydrogen) atoms. The average Bonchev–Trinajstić information content (AvgIpc) is 2.99.